The van der Waals surface area contributed by atoms with E-state index in [4.69, 9.17) is 20.4 Å². The van der Waals surface area contributed by atoms with Crippen molar-refractivity contribution < 1.29 is 39.6 Å². The van der Waals surface area contributed by atoms with Gasteiger partial charge in [0.1, 0.15) is 0 Å². The number of rotatable bonds is 27. The molecule has 0 aliphatic carbocycles. The van der Waals surface area contributed by atoms with E-state index in [0.717, 1.165) is 38.5 Å². The molecule has 0 saturated heterocycles. The molecule has 0 bridgehead atoms. The number of aliphatic carboxylic acids is 4. The number of hydrogen-bond acceptors (Lipinski definition) is 6. The minimum Gasteiger partial charge on any atom is -0.480 e. The summed E-state index contributed by atoms with van der Waals surface area (Å²) in [6, 6.07) is 0. The minimum atomic E-state index is -0.995. The lowest BCUT2D eigenvalue weighted by atomic mass is 10.0. The van der Waals surface area contributed by atoms with Gasteiger partial charge >= 0.3 is 23.9 Å². The summed E-state index contributed by atoms with van der Waals surface area (Å²) in [6.45, 7) is 0.123. The van der Waals surface area contributed by atoms with Crippen molar-refractivity contribution in [2.24, 2.45) is 0 Å². The van der Waals surface area contributed by atoms with E-state index in [-0.39, 0.29) is 26.2 Å². The molecule has 0 aromatic carbocycles. The van der Waals surface area contributed by atoms with Crippen LogP contribution < -0.4 is 0 Å². The summed E-state index contributed by atoms with van der Waals surface area (Å²) in [6.07, 6.45) is 18.2. The molecule has 0 aromatic heterocycles. The summed E-state index contributed by atoms with van der Waals surface area (Å²) < 4.78 is 0. The van der Waals surface area contributed by atoms with Crippen LogP contribution in [-0.2, 0) is 19.2 Å². The van der Waals surface area contributed by atoms with E-state index in [1.54, 1.807) is 0 Å². The van der Waals surface area contributed by atoms with Gasteiger partial charge in [0.15, 0.2) is 0 Å². The second kappa shape index (κ2) is 23.2. The van der Waals surface area contributed by atoms with Crippen LogP contribution in [0.25, 0.3) is 0 Å². The molecule has 0 heterocycles. The van der Waals surface area contributed by atoms with Gasteiger partial charge in [-0.05, 0) is 25.9 Å². The van der Waals surface area contributed by atoms with Gasteiger partial charge in [0.2, 0.25) is 0 Å². The number of carboxylic acid groups (broad SMARTS) is 4. The lowest BCUT2D eigenvalue weighted by Crippen LogP contribution is -2.35. The van der Waals surface area contributed by atoms with E-state index in [9.17, 15) is 19.2 Å². The fourth-order valence-corrected chi connectivity index (χ4v) is 4.34. The first kappa shape index (κ1) is 33.8. The molecule has 0 fully saturated rings. The zero-order valence-corrected chi connectivity index (χ0v) is 21.9. The third-order valence-electron chi connectivity index (χ3n) is 6.13. The maximum Gasteiger partial charge on any atom is 0.317 e. The molecule has 10 heteroatoms. The van der Waals surface area contributed by atoms with E-state index in [1.165, 1.54) is 74.0 Å². The van der Waals surface area contributed by atoms with Crippen LogP contribution in [0.15, 0.2) is 0 Å². The summed E-state index contributed by atoms with van der Waals surface area (Å²) in [7, 11) is 0. The Morgan fingerprint density at radius 1 is 0.333 bits per heavy atom. The quantitative estimate of drug-likeness (QED) is 0.117. The third-order valence-corrected chi connectivity index (χ3v) is 6.13. The van der Waals surface area contributed by atoms with Crippen molar-refractivity contribution in [2.45, 2.75) is 103 Å². The normalized spacial score (nSPS) is 11.3. The maximum absolute atomic E-state index is 10.8. The Hall–Kier alpha value is -2.20. The Labute approximate surface area is 215 Å². The van der Waals surface area contributed by atoms with Gasteiger partial charge in [-0.1, -0.05) is 89.9 Å². The van der Waals surface area contributed by atoms with Gasteiger partial charge in [-0.2, -0.15) is 0 Å². The highest BCUT2D eigenvalue weighted by Crippen LogP contribution is 2.14. The molecule has 0 aliphatic rings. The Morgan fingerprint density at radius 2 is 0.500 bits per heavy atom. The number of unbranched alkanes of at least 4 members (excludes halogenated alkanes) is 15. The molecule has 36 heavy (non-hydrogen) atoms. The van der Waals surface area contributed by atoms with Crippen LogP contribution in [0.5, 0.6) is 0 Å². The molecular weight excluding hydrogens is 468 g/mol. The first-order valence-electron chi connectivity index (χ1n) is 13.5. The second-order valence-corrected chi connectivity index (χ2v) is 9.65. The van der Waals surface area contributed by atoms with Gasteiger partial charge in [0, 0.05) is 0 Å². The highest BCUT2D eigenvalue weighted by molar-refractivity contribution is 5.73. The van der Waals surface area contributed by atoms with Crippen LogP contribution in [0.2, 0.25) is 0 Å². The zero-order chi connectivity index (χ0) is 27.0. The average Bonchev–Trinajstić information content (AvgIpc) is 2.76. The Balaban J connectivity index is 3.44. The summed E-state index contributed by atoms with van der Waals surface area (Å²) in [4.78, 5) is 46.0. The van der Waals surface area contributed by atoms with Gasteiger partial charge < -0.3 is 20.4 Å². The van der Waals surface area contributed by atoms with Gasteiger partial charge in [0.25, 0.3) is 0 Å². The molecule has 0 atom stereocenters. The molecule has 0 amide bonds. The van der Waals surface area contributed by atoms with Crippen LogP contribution in [0, 0.1) is 0 Å². The number of nitrogens with zero attached hydrogens (tertiary/aromatic N) is 2. The fraction of sp³-hybridized carbons (Fsp3) is 0.846. The number of carbonyl (C=O) groups is 4. The number of hydrogen-bond donors (Lipinski definition) is 4. The molecule has 0 rings (SSSR count). The highest BCUT2D eigenvalue weighted by Gasteiger charge is 2.13. The van der Waals surface area contributed by atoms with Crippen molar-refractivity contribution in [3.05, 3.63) is 0 Å². The molecule has 4 N–H and O–H groups in total. The number of carboxylic acids is 4. The van der Waals surface area contributed by atoms with Crippen molar-refractivity contribution in [1.29, 1.82) is 0 Å². The molecule has 0 radical (unpaired) electrons. The van der Waals surface area contributed by atoms with Crippen LogP contribution in [0.1, 0.15) is 103 Å². The second-order valence-electron chi connectivity index (χ2n) is 9.65. The van der Waals surface area contributed by atoms with Crippen molar-refractivity contribution in [3.8, 4) is 0 Å². The van der Waals surface area contributed by atoms with Crippen LogP contribution in [0.3, 0.4) is 0 Å². The van der Waals surface area contributed by atoms with Crippen molar-refractivity contribution in [1.82, 2.24) is 9.80 Å². The molecule has 0 aliphatic heterocycles. The summed E-state index contributed by atoms with van der Waals surface area (Å²) in [5.41, 5.74) is 0. The SMILES string of the molecule is O=C(O)CN(CCCCCCCCCCCCCCCCCCN(CC(=O)O)CC(=O)O)CC(=O)O. The maximum atomic E-state index is 10.8. The predicted octanol–water partition coefficient (Wildman–Crippen LogP) is 4.17. The molecule has 210 valence electrons. The van der Waals surface area contributed by atoms with Gasteiger partial charge in [-0.15, -0.1) is 0 Å². The molecule has 0 spiro atoms. The average molecular weight is 517 g/mol. The minimum absolute atomic E-state index is 0.225. The Kier molecular flexibility index (Phi) is 21.8. The smallest absolute Gasteiger partial charge is 0.317 e. The standard InChI is InChI=1S/C26H48N2O8/c29-23(30)19-27(20-24(31)32)17-15-13-11-9-7-5-3-1-2-4-6-8-10-12-14-16-18-28(21-25(33)34)22-26(35)36/h1-22H2,(H,29,30)(H,31,32)(H,33,34)(H,35,36). The van der Waals surface area contributed by atoms with Gasteiger partial charge in [-0.25, -0.2) is 0 Å². The molecule has 0 aromatic rings. The van der Waals surface area contributed by atoms with Crippen molar-refractivity contribution >= 4 is 23.9 Å². The van der Waals surface area contributed by atoms with Crippen molar-refractivity contribution in [3.63, 3.8) is 0 Å². The first-order chi connectivity index (χ1) is 17.2. The summed E-state index contributed by atoms with van der Waals surface area (Å²) in [5, 5.41) is 35.3. The van der Waals surface area contributed by atoms with Crippen LogP contribution >= 0.6 is 0 Å². The Morgan fingerprint density at radius 3 is 0.667 bits per heavy atom. The third kappa shape index (κ3) is 24.9. The predicted molar refractivity (Wildman–Crippen MR) is 137 cm³/mol. The first-order valence-corrected chi connectivity index (χ1v) is 13.5. The Bertz CT molecular complexity index is 531. The largest absolute Gasteiger partial charge is 0.480 e. The van der Waals surface area contributed by atoms with E-state index in [2.05, 4.69) is 0 Å². The molecule has 0 saturated carbocycles. The van der Waals surface area contributed by atoms with E-state index < -0.39 is 23.9 Å². The monoisotopic (exact) mass is 516 g/mol. The zero-order valence-electron chi connectivity index (χ0n) is 21.9. The van der Waals surface area contributed by atoms with Crippen LogP contribution in [-0.4, -0.2) is 93.4 Å². The van der Waals surface area contributed by atoms with Gasteiger partial charge in [0.05, 0.1) is 26.2 Å². The highest BCUT2D eigenvalue weighted by atomic mass is 16.4. The molecular formula is C26H48N2O8. The topological polar surface area (TPSA) is 156 Å². The van der Waals surface area contributed by atoms with Crippen LogP contribution in [0.4, 0.5) is 0 Å². The lowest BCUT2D eigenvalue weighted by Gasteiger charge is -2.17. The molecule has 0 unspecified atom stereocenters. The van der Waals surface area contributed by atoms with E-state index in [0.29, 0.717) is 13.1 Å². The van der Waals surface area contributed by atoms with E-state index >= 15 is 0 Å². The molecule has 10 nitrogen and oxygen atoms in total. The van der Waals surface area contributed by atoms with Gasteiger partial charge in [-0.3, -0.25) is 29.0 Å². The summed E-state index contributed by atoms with van der Waals surface area (Å²) >= 11 is 0. The fourth-order valence-electron chi connectivity index (χ4n) is 4.34. The van der Waals surface area contributed by atoms with E-state index in [1.807, 2.05) is 0 Å². The lowest BCUT2D eigenvalue weighted by molar-refractivity contribution is -0.143. The summed E-state index contributed by atoms with van der Waals surface area (Å²) in [5.74, 6) is -3.98. The van der Waals surface area contributed by atoms with Crippen molar-refractivity contribution in [2.75, 3.05) is 39.3 Å².